The van der Waals surface area contributed by atoms with Gasteiger partial charge in [0.05, 0.1) is 7.11 Å². The van der Waals surface area contributed by atoms with Crippen LogP contribution >= 0.6 is 0 Å². The van der Waals surface area contributed by atoms with E-state index in [-0.39, 0.29) is 0 Å². The first-order valence-electron chi connectivity index (χ1n) is 9.73. The normalized spacial score (nSPS) is 20.4. The van der Waals surface area contributed by atoms with Gasteiger partial charge in [0.2, 0.25) is 0 Å². The third-order valence-corrected chi connectivity index (χ3v) is 5.57. The fourth-order valence-electron chi connectivity index (χ4n) is 3.97. The number of rotatable bonds is 7. The number of methoxy groups -OCH3 is 1. The second kappa shape index (κ2) is 8.98. The lowest BCUT2D eigenvalue weighted by Gasteiger charge is -2.28. The topological polar surface area (TPSA) is 35.0 Å². The molecule has 0 radical (unpaired) electrons. The van der Waals surface area contributed by atoms with Gasteiger partial charge in [-0.3, -0.25) is 0 Å². The maximum absolute atomic E-state index is 5.20. The van der Waals surface area contributed by atoms with E-state index in [0.717, 1.165) is 41.0 Å². The van der Waals surface area contributed by atoms with E-state index in [9.17, 15) is 0 Å². The summed E-state index contributed by atoms with van der Waals surface area (Å²) in [6.07, 6.45) is 14.5. The molecule has 1 saturated carbocycles. The van der Waals surface area contributed by atoms with Crippen molar-refractivity contribution in [3.63, 3.8) is 0 Å². The summed E-state index contributed by atoms with van der Waals surface area (Å²) in [4.78, 5) is 9.17. The summed E-state index contributed by atoms with van der Waals surface area (Å²) in [6, 6.07) is 8.04. The predicted molar refractivity (Wildman–Crippen MR) is 103 cm³/mol. The van der Waals surface area contributed by atoms with Crippen LogP contribution in [0.15, 0.2) is 36.7 Å². The minimum Gasteiger partial charge on any atom is -0.497 e. The zero-order chi connectivity index (χ0) is 17.5. The molecule has 134 valence electrons. The molecule has 0 spiro atoms. The Kier molecular flexibility index (Phi) is 6.43. The average molecular weight is 338 g/mol. The molecule has 0 atom stereocenters. The second-order valence-corrected chi connectivity index (χ2v) is 7.33. The Bertz CT molecular complexity index is 628. The van der Waals surface area contributed by atoms with Gasteiger partial charge in [-0.15, -0.1) is 0 Å². The van der Waals surface area contributed by atoms with Crippen molar-refractivity contribution >= 4 is 0 Å². The Morgan fingerprint density at radius 3 is 2.04 bits per heavy atom. The molecule has 3 heteroatoms. The van der Waals surface area contributed by atoms with E-state index >= 15 is 0 Å². The highest BCUT2D eigenvalue weighted by Crippen LogP contribution is 2.33. The van der Waals surface area contributed by atoms with E-state index in [0.29, 0.717) is 0 Å². The van der Waals surface area contributed by atoms with E-state index in [4.69, 9.17) is 4.74 Å². The fraction of sp³-hybridized carbons (Fsp3) is 0.545. The Hall–Kier alpha value is -1.90. The molecule has 0 N–H and O–H groups in total. The van der Waals surface area contributed by atoms with Crippen LogP contribution in [0.3, 0.4) is 0 Å². The molecule has 0 bridgehead atoms. The van der Waals surface area contributed by atoms with Crippen molar-refractivity contribution in [1.82, 2.24) is 9.97 Å². The van der Waals surface area contributed by atoms with Gasteiger partial charge in [-0.1, -0.05) is 57.6 Å². The zero-order valence-electron chi connectivity index (χ0n) is 15.6. The van der Waals surface area contributed by atoms with Crippen molar-refractivity contribution in [3.8, 4) is 16.9 Å². The van der Waals surface area contributed by atoms with Gasteiger partial charge in [0.1, 0.15) is 11.6 Å². The summed E-state index contributed by atoms with van der Waals surface area (Å²) in [7, 11) is 1.68. The average Bonchev–Trinajstić information content (AvgIpc) is 2.68. The second-order valence-electron chi connectivity index (χ2n) is 7.33. The van der Waals surface area contributed by atoms with Crippen molar-refractivity contribution in [2.75, 3.05) is 7.11 Å². The van der Waals surface area contributed by atoms with Gasteiger partial charge < -0.3 is 4.74 Å². The molecule has 1 aliphatic carbocycles. The van der Waals surface area contributed by atoms with E-state index < -0.39 is 0 Å². The number of aryl methyl sites for hydroxylation is 1. The first kappa shape index (κ1) is 17.9. The standard InChI is InChI=1S/C22H30N2O/c1-3-4-17-5-7-18(8-6-17)9-14-22-23-15-20(16-24-22)19-10-12-21(25-2)13-11-19/h10-13,15-18H,3-9,14H2,1-2H3/t17-,18-. The molecule has 1 aromatic heterocycles. The first-order valence-corrected chi connectivity index (χ1v) is 9.73. The molecule has 0 saturated heterocycles. The van der Waals surface area contributed by atoms with Crippen molar-refractivity contribution in [2.45, 2.75) is 58.3 Å². The van der Waals surface area contributed by atoms with Crippen LogP contribution in [0.1, 0.15) is 57.7 Å². The summed E-state index contributed by atoms with van der Waals surface area (Å²) < 4.78 is 5.20. The highest BCUT2D eigenvalue weighted by molar-refractivity contribution is 5.62. The molecule has 1 fully saturated rings. The summed E-state index contributed by atoms with van der Waals surface area (Å²) in [5.41, 5.74) is 2.19. The Morgan fingerprint density at radius 1 is 0.880 bits per heavy atom. The molecule has 1 heterocycles. The van der Waals surface area contributed by atoms with Crippen LogP contribution in [-0.4, -0.2) is 17.1 Å². The van der Waals surface area contributed by atoms with Crippen LogP contribution in [0.4, 0.5) is 0 Å². The van der Waals surface area contributed by atoms with Crippen LogP contribution < -0.4 is 4.74 Å². The number of aromatic nitrogens is 2. The number of ether oxygens (including phenoxy) is 1. The SMILES string of the molecule is CCC[C@H]1CC[C@H](CCc2ncc(-c3ccc(OC)cc3)cn2)CC1. The highest BCUT2D eigenvalue weighted by Gasteiger charge is 2.20. The molecule has 3 nitrogen and oxygen atoms in total. The van der Waals surface area contributed by atoms with Gasteiger partial charge in [-0.25, -0.2) is 9.97 Å². The predicted octanol–water partition coefficient (Wildman–Crippen LogP) is 5.69. The molecule has 25 heavy (non-hydrogen) atoms. The van der Waals surface area contributed by atoms with Gasteiger partial charge in [0, 0.05) is 24.4 Å². The smallest absolute Gasteiger partial charge is 0.128 e. The number of nitrogens with zero attached hydrogens (tertiary/aromatic N) is 2. The van der Waals surface area contributed by atoms with Crippen molar-refractivity contribution < 1.29 is 4.74 Å². The van der Waals surface area contributed by atoms with Gasteiger partial charge >= 0.3 is 0 Å². The molecule has 1 aliphatic rings. The maximum Gasteiger partial charge on any atom is 0.128 e. The number of hydrogen-bond acceptors (Lipinski definition) is 3. The Balaban J connectivity index is 1.49. The van der Waals surface area contributed by atoms with Gasteiger partial charge in [-0.2, -0.15) is 0 Å². The van der Waals surface area contributed by atoms with Gasteiger partial charge in [-0.05, 0) is 36.0 Å². The summed E-state index contributed by atoms with van der Waals surface area (Å²) in [5.74, 6) is 3.71. The zero-order valence-corrected chi connectivity index (χ0v) is 15.6. The minimum atomic E-state index is 0.870. The third-order valence-electron chi connectivity index (χ3n) is 5.57. The van der Waals surface area contributed by atoms with E-state index in [1.54, 1.807) is 7.11 Å². The van der Waals surface area contributed by atoms with Gasteiger partial charge in [0.15, 0.2) is 0 Å². The molecular weight excluding hydrogens is 308 g/mol. The summed E-state index contributed by atoms with van der Waals surface area (Å²) in [6.45, 7) is 2.30. The summed E-state index contributed by atoms with van der Waals surface area (Å²) >= 11 is 0. The van der Waals surface area contributed by atoms with Crippen molar-refractivity contribution in [3.05, 3.63) is 42.5 Å². The lowest BCUT2D eigenvalue weighted by molar-refractivity contribution is 0.251. The highest BCUT2D eigenvalue weighted by atomic mass is 16.5. The Morgan fingerprint density at radius 2 is 1.48 bits per heavy atom. The molecule has 3 rings (SSSR count). The molecule has 0 aliphatic heterocycles. The lowest BCUT2D eigenvalue weighted by atomic mass is 9.78. The lowest BCUT2D eigenvalue weighted by Crippen LogP contribution is -2.15. The van der Waals surface area contributed by atoms with Crippen LogP contribution in [0, 0.1) is 11.8 Å². The maximum atomic E-state index is 5.20. The minimum absolute atomic E-state index is 0.870. The monoisotopic (exact) mass is 338 g/mol. The number of hydrogen-bond donors (Lipinski definition) is 0. The molecule has 1 aromatic carbocycles. The largest absolute Gasteiger partial charge is 0.497 e. The van der Waals surface area contributed by atoms with E-state index in [1.807, 2.05) is 36.7 Å². The van der Waals surface area contributed by atoms with Crippen molar-refractivity contribution in [1.29, 1.82) is 0 Å². The van der Waals surface area contributed by atoms with E-state index in [2.05, 4.69) is 16.9 Å². The van der Waals surface area contributed by atoms with Gasteiger partial charge in [0.25, 0.3) is 0 Å². The molecule has 0 amide bonds. The fourth-order valence-corrected chi connectivity index (χ4v) is 3.97. The molecule has 2 aromatic rings. The van der Waals surface area contributed by atoms with Crippen molar-refractivity contribution in [2.24, 2.45) is 11.8 Å². The van der Waals surface area contributed by atoms with Crippen LogP contribution in [0.2, 0.25) is 0 Å². The molecule has 0 unspecified atom stereocenters. The summed E-state index contributed by atoms with van der Waals surface area (Å²) in [5, 5.41) is 0. The quantitative estimate of drug-likeness (QED) is 0.650. The van der Waals surface area contributed by atoms with E-state index in [1.165, 1.54) is 44.9 Å². The molecular formula is C22H30N2O. The van der Waals surface area contributed by atoms with Crippen LogP contribution in [0.5, 0.6) is 5.75 Å². The Labute approximate surface area is 151 Å². The third kappa shape index (κ3) is 5.04. The first-order chi connectivity index (χ1) is 12.3. The number of benzene rings is 1. The van der Waals surface area contributed by atoms with Crippen LogP contribution in [-0.2, 0) is 6.42 Å². The van der Waals surface area contributed by atoms with Crippen LogP contribution in [0.25, 0.3) is 11.1 Å².